The van der Waals surface area contributed by atoms with Crippen LogP contribution in [0.5, 0.6) is 0 Å². The first-order valence-electron chi connectivity index (χ1n) is 7.93. The largest absolute Gasteiger partial charge is 0.303 e. The monoisotopic (exact) mass is 290 g/mol. The van der Waals surface area contributed by atoms with Gasteiger partial charge in [0.2, 0.25) is 0 Å². The van der Waals surface area contributed by atoms with Crippen molar-refractivity contribution in [3.63, 3.8) is 0 Å². The molecule has 0 N–H and O–H groups in total. The minimum Gasteiger partial charge on any atom is -0.303 e. The Morgan fingerprint density at radius 2 is 2.00 bits per heavy atom. The lowest BCUT2D eigenvalue weighted by Gasteiger charge is -2.37. The molecular weight excluding hydrogens is 264 g/mol. The minimum atomic E-state index is 0.751. The van der Waals surface area contributed by atoms with E-state index in [1.54, 1.807) is 5.56 Å². The molecule has 2 nitrogen and oxygen atoms in total. The maximum absolute atomic E-state index is 2.62. The second-order valence-electron chi connectivity index (χ2n) is 6.16. The highest BCUT2D eigenvalue weighted by atomic mass is 32.2. The third kappa shape index (κ3) is 3.21. The molecule has 3 heteroatoms. The van der Waals surface area contributed by atoms with E-state index in [1.165, 1.54) is 50.3 Å². The minimum absolute atomic E-state index is 0.751. The van der Waals surface area contributed by atoms with Crippen molar-refractivity contribution in [3.8, 4) is 0 Å². The highest BCUT2D eigenvalue weighted by Gasteiger charge is 2.27. The predicted molar refractivity (Wildman–Crippen MR) is 87.6 cm³/mol. The summed E-state index contributed by atoms with van der Waals surface area (Å²) in [6.45, 7) is 7.28. The van der Waals surface area contributed by atoms with Gasteiger partial charge in [0.15, 0.2) is 0 Å². The van der Waals surface area contributed by atoms with Gasteiger partial charge in [0.1, 0.15) is 0 Å². The van der Waals surface area contributed by atoms with Gasteiger partial charge in [-0.15, -0.1) is 11.8 Å². The molecule has 0 spiro atoms. The Balaban J connectivity index is 1.50. The molecule has 1 fully saturated rings. The van der Waals surface area contributed by atoms with Crippen molar-refractivity contribution in [1.29, 1.82) is 0 Å². The molecule has 0 saturated carbocycles. The fraction of sp³-hybridized carbons (Fsp3) is 0.647. The number of benzene rings is 1. The zero-order chi connectivity index (χ0) is 13.9. The van der Waals surface area contributed by atoms with Crippen molar-refractivity contribution >= 4 is 11.8 Å². The third-order valence-electron chi connectivity index (χ3n) is 4.83. The molecule has 0 bridgehead atoms. The van der Waals surface area contributed by atoms with Crippen LogP contribution in [-0.4, -0.2) is 54.3 Å². The summed E-state index contributed by atoms with van der Waals surface area (Å²) in [5.74, 6) is 0. The average Bonchev–Trinajstić information content (AvgIpc) is 2.89. The van der Waals surface area contributed by atoms with Crippen LogP contribution < -0.4 is 0 Å². The second kappa shape index (κ2) is 6.50. The Hall–Kier alpha value is -0.510. The van der Waals surface area contributed by atoms with Gasteiger partial charge in [0.25, 0.3) is 0 Å². The number of hydrogen-bond donors (Lipinski definition) is 0. The Morgan fingerprint density at radius 3 is 2.70 bits per heavy atom. The van der Waals surface area contributed by atoms with Crippen molar-refractivity contribution in [1.82, 2.24) is 9.80 Å². The lowest BCUT2D eigenvalue weighted by molar-refractivity contribution is 0.132. The quantitative estimate of drug-likeness (QED) is 0.841. The Morgan fingerprint density at radius 1 is 1.25 bits per heavy atom. The normalized spacial score (nSPS) is 24.2. The number of hydrogen-bond acceptors (Lipinski definition) is 3. The molecule has 3 rings (SSSR count). The van der Waals surface area contributed by atoms with Crippen molar-refractivity contribution in [2.75, 3.05) is 33.2 Å². The van der Waals surface area contributed by atoms with E-state index < -0.39 is 0 Å². The van der Waals surface area contributed by atoms with Crippen LogP contribution in [0.1, 0.15) is 25.3 Å². The van der Waals surface area contributed by atoms with Gasteiger partial charge in [-0.2, -0.15) is 0 Å². The van der Waals surface area contributed by atoms with Crippen molar-refractivity contribution < 1.29 is 0 Å². The van der Waals surface area contributed by atoms with Crippen LogP contribution in [0.15, 0.2) is 29.2 Å². The molecular formula is C17H26N2S. The summed E-state index contributed by atoms with van der Waals surface area (Å²) in [6.07, 6.45) is 3.93. The van der Waals surface area contributed by atoms with Crippen LogP contribution in [0.4, 0.5) is 0 Å². The smallest absolute Gasteiger partial charge is 0.0263 e. The number of likely N-dealkylation sites (tertiary alicyclic amines) is 1. The van der Waals surface area contributed by atoms with Gasteiger partial charge in [-0.1, -0.05) is 25.1 Å². The highest BCUT2D eigenvalue weighted by Crippen LogP contribution is 2.37. The first kappa shape index (κ1) is 14.4. The summed E-state index contributed by atoms with van der Waals surface area (Å²) in [5, 5.41) is 0.751. The Labute approximate surface area is 127 Å². The van der Waals surface area contributed by atoms with Crippen molar-refractivity contribution in [3.05, 3.63) is 29.8 Å². The Bertz CT molecular complexity index is 415. The van der Waals surface area contributed by atoms with Crippen LogP contribution >= 0.6 is 11.8 Å². The van der Waals surface area contributed by atoms with Crippen LogP contribution in [0.2, 0.25) is 0 Å². The van der Waals surface area contributed by atoms with E-state index in [2.05, 4.69) is 59.8 Å². The van der Waals surface area contributed by atoms with Crippen LogP contribution in [0.3, 0.4) is 0 Å². The van der Waals surface area contributed by atoms with Gasteiger partial charge in [-0.3, -0.25) is 0 Å². The Kier molecular flexibility index (Phi) is 4.69. The number of fused-ring (bicyclic) bond motifs is 1. The van der Waals surface area contributed by atoms with Crippen LogP contribution in [0.25, 0.3) is 0 Å². The SMILES string of the molecule is CCN1CCC(N(C)CC2Cc3ccccc3S2)CC1. The van der Waals surface area contributed by atoms with Gasteiger partial charge in [-0.05, 0) is 57.6 Å². The summed E-state index contributed by atoms with van der Waals surface area (Å²) < 4.78 is 0. The number of piperidine rings is 1. The fourth-order valence-corrected chi connectivity index (χ4v) is 4.89. The first-order chi connectivity index (χ1) is 9.76. The summed E-state index contributed by atoms with van der Waals surface area (Å²) in [6, 6.07) is 9.70. The van der Waals surface area contributed by atoms with Crippen LogP contribution in [-0.2, 0) is 6.42 Å². The van der Waals surface area contributed by atoms with E-state index in [-0.39, 0.29) is 0 Å². The molecule has 1 aromatic carbocycles. The number of thioether (sulfide) groups is 1. The van der Waals surface area contributed by atoms with E-state index in [0.717, 1.165) is 11.3 Å². The maximum Gasteiger partial charge on any atom is 0.0263 e. The number of nitrogens with zero attached hydrogens (tertiary/aromatic N) is 2. The molecule has 0 radical (unpaired) electrons. The summed E-state index contributed by atoms with van der Waals surface area (Å²) in [7, 11) is 2.33. The lowest BCUT2D eigenvalue weighted by atomic mass is 10.0. The van der Waals surface area contributed by atoms with Crippen molar-refractivity contribution in [2.45, 2.75) is 42.4 Å². The van der Waals surface area contributed by atoms with E-state index in [4.69, 9.17) is 0 Å². The average molecular weight is 290 g/mol. The lowest BCUT2D eigenvalue weighted by Crippen LogP contribution is -2.45. The molecule has 2 aliphatic rings. The zero-order valence-electron chi connectivity index (χ0n) is 12.7. The predicted octanol–water partition coefficient (Wildman–Crippen LogP) is 3.12. The molecule has 2 aliphatic heterocycles. The molecule has 0 aromatic heterocycles. The standard InChI is InChI=1S/C17H26N2S/c1-3-19-10-8-15(9-11-19)18(2)13-16-12-14-6-4-5-7-17(14)20-16/h4-7,15-16H,3,8-13H2,1-2H3. The summed E-state index contributed by atoms with van der Waals surface area (Å²) in [5.41, 5.74) is 1.55. The molecule has 110 valence electrons. The fourth-order valence-electron chi connectivity index (χ4n) is 3.50. The van der Waals surface area contributed by atoms with E-state index >= 15 is 0 Å². The highest BCUT2D eigenvalue weighted by molar-refractivity contribution is 8.00. The third-order valence-corrected chi connectivity index (χ3v) is 6.13. The van der Waals surface area contributed by atoms with E-state index in [0.29, 0.717) is 0 Å². The molecule has 1 saturated heterocycles. The van der Waals surface area contributed by atoms with Crippen molar-refractivity contribution in [2.24, 2.45) is 0 Å². The van der Waals surface area contributed by atoms with E-state index in [9.17, 15) is 0 Å². The second-order valence-corrected chi connectivity index (χ2v) is 7.50. The molecule has 1 aromatic rings. The van der Waals surface area contributed by atoms with Gasteiger partial charge < -0.3 is 9.80 Å². The summed E-state index contributed by atoms with van der Waals surface area (Å²) in [4.78, 5) is 6.70. The number of rotatable bonds is 4. The van der Waals surface area contributed by atoms with Gasteiger partial charge in [0, 0.05) is 22.7 Å². The van der Waals surface area contributed by atoms with Gasteiger partial charge in [-0.25, -0.2) is 0 Å². The molecule has 20 heavy (non-hydrogen) atoms. The maximum atomic E-state index is 2.62. The molecule has 0 aliphatic carbocycles. The van der Waals surface area contributed by atoms with Gasteiger partial charge in [0.05, 0.1) is 0 Å². The molecule has 1 unspecified atom stereocenters. The van der Waals surface area contributed by atoms with E-state index in [1.807, 2.05) is 0 Å². The molecule has 0 amide bonds. The first-order valence-corrected chi connectivity index (χ1v) is 8.81. The molecule has 1 atom stereocenters. The molecule has 2 heterocycles. The van der Waals surface area contributed by atoms with Crippen LogP contribution in [0, 0.1) is 0 Å². The summed E-state index contributed by atoms with van der Waals surface area (Å²) >= 11 is 2.08. The zero-order valence-corrected chi connectivity index (χ0v) is 13.5. The van der Waals surface area contributed by atoms with Gasteiger partial charge >= 0.3 is 0 Å². The topological polar surface area (TPSA) is 6.48 Å².